The Hall–Kier alpha value is -1.42. The molecule has 0 amide bonds. The summed E-state index contributed by atoms with van der Waals surface area (Å²) in [6, 6.07) is 0. The second-order valence-corrected chi connectivity index (χ2v) is 4.89. The van der Waals surface area contributed by atoms with Crippen molar-refractivity contribution >= 4 is 11.9 Å². The van der Waals surface area contributed by atoms with Crippen LogP contribution in [-0.2, 0) is 11.2 Å². The Morgan fingerprint density at radius 1 is 1.28 bits per heavy atom. The highest BCUT2D eigenvalue weighted by Crippen LogP contribution is 2.32. The number of fused-ring (bicyclic) bond motifs is 1. The molecule has 1 aliphatic heterocycles. The van der Waals surface area contributed by atoms with E-state index in [1.165, 1.54) is 11.1 Å². The number of aromatic nitrogens is 2. The predicted molar refractivity (Wildman–Crippen MR) is 71.8 cm³/mol. The molecule has 0 radical (unpaired) electrons. The van der Waals surface area contributed by atoms with E-state index in [1.807, 2.05) is 6.92 Å². The first-order valence-corrected chi connectivity index (χ1v) is 6.67. The van der Waals surface area contributed by atoms with E-state index in [4.69, 9.17) is 4.74 Å². The molecule has 3 rings (SSSR count). The van der Waals surface area contributed by atoms with Crippen molar-refractivity contribution in [3.8, 4) is 0 Å². The highest BCUT2D eigenvalue weighted by molar-refractivity contribution is 5.67. The summed E-state index contributed by atoms with van der Waals surface area (Å²) in [5.74, 6) is 1.99. The first-order chi connectivity index (χ1) is 8.78. The van der Waals surface area contributed by atoms with Crippen molar-refractivity contribution in [3.63, 3.8) is 0 Å². The lowest BCUT2D eigenvalue weighted by atomic mass is 10.1. The van der Waals surface area contributed by atoms with Gasteiger partial charge in [0, 0.05) is 18.7 Å². The van der Waals surface area contributed by atoms with E-state index in [1.54, 1.807) is 0 Å². The van der Waals surface area contributed by atoms with Crippen LogP contribution in [0.25, 0.3) is 6.08 Å². The predicted octanol–water partition coefficient (Wildman–Crippen LogP) is 1.97. The number of hydrogen-bond acceptors (Lipinski definition) is 4. The van der Waals surface area contributed by atoms with Gasteiger partial charge in [-0.05, 0) is 25.8 Å². The van der Waals surface area contributed by atoms with E-state index >= 15 is 0 Å². The van der Waals surface area contributed by atoms with E-state index < -0.39 is 0 Å². The molecule has 1 saturated heterocycles. The maximum Gasteiger partial charge on any atom is 0.136 e. The summed E-state index contributed by atoms with van der Waals surface area (Å²) in [7, 11) is 0. The maximum absolute atomic E-state index is 5.42. The normalized spacial score (nSPS) is 18.8. The van der Waals surface area contributed by atoms with Crippen molar-refractivity contribution in [2.75, 3.05) is 31.2 Å². The molecule has 2 heterocycles. The molecule has 0 unspecified atom stereocenters. The fraction of sp³-hybridized carbons (Fsp3) is 0.571. The van der Waals surface area contributed by atoms with Crippen LogP contribution in [0.1, 0.15) is 30.4 Å². The SMILES string of the molecule is CCC1=Cc2nc(C)nc(N3CCOCC3)c2C1. The summed E-state index contributed by atoms with van der Waals surface area (Å²) in [6.45, 7) is 7.64. The molecule has 0 atom stereocenters. The Morgan fingerprint density at radius 2 is 2.06 bits per heavy atom. The van der Waals surface area contributed by atoms with Gasteiger partial charge in [-0.25, -0.2) is 9.97 Å². The van der Waals surface area contributed by atoms with E-state index in [0.29, 0.717) is 0 Å². The van der Waals surface area contributed by atoms with E-state index in [9.17, 15) is 0 Å². The van der Waals surface area contributed by atoms with Gasteiger partial charge in [-0.15, -0.1) is 0 Å². The molecule has 0 spiro atoms. The molecular formula is C14H19N3O. The smallest absolute Gasteiger partial charge is 0.136 e. The second-order valence-electron chi connectivity index (χ2n) is 4.89. The van der Waals surface area contributed by atoms with Gasteiger partial charge in [0.15, 0.2) is 0 Å². The van der Waals surface area contributed by atoms with Gasteiger partial charge in [0.1, 0.15) is 11.6 Å². The van der Waals surface area contributed by atoms with Crippen LogP contribution in [0.5, 0.6) is 0 Å². The van der Waals surface area contributed by atoms with Gasteiger partial charge in [0.2, 0.25) is 0 Å². The number of rotatable bonds is 2. The minimum atomic E-state index is 0.798. The van der Waals surface area contributed by atoms with Crippen molar-refractivity contribution in [1.29, 1.82) is 0 Å². The fourth-order valence-corrected chi connectivity index (χ4v) is 2.63. The third kappa shape index (κ3) is 2.01. The van der Waals surface area contributed by atoms with Crippen LogP contribution in [0.15, 0.2) is 5.57 Å². The van der Waals surface area contributed by atoms with Crippen LogP contribution < -0.4 is 4.90 Å². The van der Waals surface area contributed by atoms with E-state index in [0.717, 1.165) is 56.5 Å². The topological polar surface area (TPSA) is 38.2 Å². The first kappa shape index (κ1) is 11.7. The van der Waals surface area contributed by atoms with Crippen LogP contribution >= 0.6 is 0 Å². The van der Waals surface area contributed by atoms with Gasteiger partial charge in [-0.1, -0.05) is 12.5 Å². The molecule has 1 aromatic rings. The highest BCUT2D eigenvalue weighted by atomic mass is 16.5. The summed E-state index contributed by atoms with van der Waals surface area (Å²) in [6.07, 6.45) is 4.34. The second kappa shape index (κ2) is 4.69. The molecule has 1 aromatic heterocycles. The fourth-order valence-electron chi connectivity index (χ4n) is 2.63. The Labute approximate surface area is 108 Å². The van der Waals surface area contributed by atoms with Crippen molar-refractivity contribution < 1.29 is 4.74 Å². The molecule has 0 bridgehead atoms. The van der Waals surface area contributed by atoms with Crippen molar-refractivity contribution in [2.45, 2.75) is 26.7 Å². The molecule has 96 valence electrons. The van der Waals surface area contributed by atoms with Gasteiger partial charge in [-0.3, -0.25) is 0 Å². The number of hydrogen-bond donors (Lipinski definition) is 0. The van der Waals surface area contributed by atoms with E-state index in [2.05, 4.69) is 27.9 Å². The number of nitrogens with zero attached hydrogens (tertiary/aromatic N) is 3. The van der Waals surface area contributed by atoms with Gasteiger partial charge in [0.05, 0.1) is 18.9 Å². The van der Waals surface area contributed by atoms with E-state index in [-0.39, 0.29) is 0 Å². The summed E-state index contributed by atoms with van der Waals surface area (Å²) < 4.78 is 5.42. The van der Waals surface area contributed by atoms with Gasteiger partial charge >= 0.3 is 0 Å². The monoisotopic (exact) mass is 245 g/mol. The Balaban J connectivity index is 1.97. The van der Waals surface area contributed by atoms with Gasteiger partial charge in [-0.2, -0.15) is 0 Å². The zero-order valence-corrected chi connectivity index (χ0v) is 11.1. The zero-order valence-electron chi connectivity index (χ0n) is 11.1. The highest BCUT2D eigenvalue weighted by Gasteiger charge is 2.23. The van der Waals surface area contributed by atoms with Crippen LogP contribution in [0.3, 0.4) is 0 Å². The standard InChI is InChI=1S/C14H19N3O/c1-3-11-8-12-13(9-11)15-10(2)16-14(12)17-4-6-18-7-5-17/h9H,3-8H2,1-2H3. The molecular weight excluding hydrogens is 226 g/mol. The molecule has 0 N–H and O–H groups in total. The number of ether oxygens (including phenoxy) is 1. The molecule has 1 fully saturated rings. The summed E-state index contributed by atoms with van der Waals surface area (Å²) >= 11 is 0. The quantitative estimate of drug-likeness (QED) is 0.798. The molecule has 4 heteroatoms. The number of allylic oxidation sites excluding steroid dienone is 1. The Bertz CT molecular complexity index is 490. The van der Waals surface area contributed by atoms with Crippen LogP contribution in [0, 0.1) is 6.92 Å². The molecule has 18 heavy (non-hydrogen) atoms. The summed E-state index contributed by atoms with van der Waals surface area (Å²) in [5.41, 5.74) is 3.89. The lowest BCUT2D eigenvalue weighted by molar-refractivity contribution is 0.122. The van der Waals surface area contributed by atoms with Crippen LogP contribution in [0.4, 0.5) is 5.82 Å². The molecule has 0 saturated carbocycles. The number of morpholine rings is 1. The minimum absolute atomic E-state index is 0.798. The van der Waals surface area contributed by atoms with Crippen molar-refractivity contribution in [3.05, 3.63) is 22.7 Å². The molecule has 4 nitrogen and oxygen atoms in total. The minimum Gasteiger partial charge on any atom is -0.378 e. The Kier molecular flexibility index (Phi) is 3.04. The third-order valence-electron chi connectivity index (χ3n) is 3.64. The van der Waals surface area contributed by atoms with Crippen LogP contribution in [-0.4, -0.2) is 36.3 Å². The zero-order chi connectivity index (χ0) is 12.5. The average Bonchev–Trinajstić information content (AvgIpc) is 2.81. The van der Waals surface area contributed by atoms with Crippen molar-refractivity contribution in [1.82, 2.24) is 9.97 Å². The first-order valence-electron chi connectivity index (χ1n) is 6.67. The van der Waals surface area contributed by atoms with Gasteiger partial charge < -0.3 is 9.64 Å². The van der Waals surface area contributed by atoms with Crippen LogP contribution in [0.2, 0.25) is 0 Å². The largest absolute Gasteiger partial charge is 0.378 e. The third-order valence-corrected chi connectivity index (χ3v) is 3.64. The average molecular weight is 245 g/mol. The Morgan fingerprint density at radius 3 is 2.78 bits per heavy atom. The lowest BCUT2D eigenvalue weighted by Crippen LogP contribution is -2.37. The lowest BCUT2D eigenvalue weighted by Gasteiger charge is -2.29. The number of aryl methyl sites for hydroxylation is 1. The van der Waals surface area contributed by atoms with Crippen molar-refractivity contribution in [2.24, 2.45) is 0 Å². The van der Waals surface area contributed by atoms with Gasteiger partial charge in [0.25, 0.3) is 0 Å². The molecule has 0 aromatic carbocycles. The summed E-state index contributed by atoms with van der Waals surface area (Å²) in [5, 5.41) is 0. The molecule has 1 aliphatic carbocycles. The number of anilines is 1. The molecule has 2 aliphatic rings. The summed E-state index contributed by atoms with van der Waals surface area (Å²) in [4.78, 5) is 11.6. The maximum atomic E-state index is 5.42.